The predicted molar refractivity (Wildman–Crippen MR) is 105 cm³/mol. The first-order valence-electron chi connectivity index (χ1n) is 8.35. The van der Waals surface area contributed by atoms with Gasteiger partial charge < -0.3 is 10.1 Å². The largest absolute Gasteiger partial charge is 0.493 e. The molecule has 0 heterocycles. The summed E-state index contributed by atoms with van der Waals surface area (Å²) in [5.41, 5.74) is 1.64. The van der Waals surface area contributed by atoms with Crippen LogP contribution in [0.4, 0.5) is 0 Å². The molecule has 5 heteroatoms. The molecule has 0 aliphatic rings. The van der Waals surface area contributed by atoms with Crippen molar-refractivity contribution in [3.63, 3.8) is 0 Å². The minimum Gasteiger partial charge on any atom is -0.493 e. The van der Waals surface area contributed by atoms with Gasteiger partial charge in [0.05, 0.1) is 12.6 Å². The summed E-state index contributed by atoms with van der Waals surface area (Å²) >= 11 is 5.23. The van der Waals surface area contributed by atoms with E-state index in [-0.39, 0.29) is 11.9 Å². The van der Waals surface area contributed by atoms with E-state index in [0.29, 0.717) is 23.2 Å². The molecule has 4 nitrogen and oxygen atoms in total. The molecular formula is C20H24N2O2S. The molecule has 0 spiro atoms. The topological polar surface area (TPSA) is 50.4 Å². The third-order valence-corrected chi connectivity index (χ3v) is 3.79. The Hall–Kier alpha value is -2.40. The van der Waals surface area contributed by atoms with Gasteiger partial charge in [0.2, 0.25) is 0 Å². The summed E-state index contributed by atoms with van der Waals surface area (Å²) in [5, 5.41) is 6.13. The average molecular weight is 356 g/mol. The summed E-state index contributed by atoms with van der Waals surface area (Å²) in [5.74, 6) is 0.967. The number of amides is 1. The minimum atomic E-state index is -0.242. The van der Waals surface area contributed by atoms with Crippen LogP contribution in [0, 0.1) is 5.92 Å². The first-order chi connectivity index (χ1) is 12.0. The van der Waals surface area contributed by atoms with Crippen LogP contribution in [-0.2, 0) is 0 Å². The fourth-order valence-corrected chi connectivity index (χ4v) is 2.47. The van der Waals surface area contributed by atoms with Crippen LogP contribution in [0.1, 0.15) is 42.7 Å². The van der Waals surface area contributed by atoms with Crippen LogP contribution in [0.5, 0.6) is 5.75 Å². The second kappa shape index (κ2) is 9.18. The molecule has 0 aromatic heterocycles. The smallest absolute Gasteiger partial charge is 0.257 e. The fraction of sp³-hybridized carbons (Fsp3) is 0.300. The minimum absolute atomic E-state index is 0.0146. The molecule has 2 aromatic carbocycles. The molecule has 2 aromatic rings. The van der Waals surface area contributed by atoms with Crippen molar-refractivity contribution in [1.29, 1.82) is 0 Å². The van der Waals surface area contributed by atoms with Gasteiger partial charge in [-0.3, -0.25) is 10.1 Å². The highest BCUT2D eigenvalue weighted by molar-refractivity contribution is 7.80. The van der Waals surface area contributed by atoms with Crippen molar-refractivity contribution in [2.24, 2.45) is 5.92 Å². The number of thiocarbonyl (C=S) groups is 1. The Morgan fingerprint density at radius 3 is 2.28 bits per heavy atom. The van der Waals surface area contributed by atoms with E-state index in [9.17, 15) is 4.79 Å². The van der Waals surface area contributed by atoms with Crippen molar-refractivity contribution in [2.75, 3.05) is 6.61 Å². The maximum Gasteiger partial charge on any atom is 0.257 e. The molecule has 0 unspecified atom stereocenters. The van der Waals surface area contributed by atoms with Crippen LogP contribution in [0.25, 0.3) is 0 Å². The zero-order chi connectivity index (χ0) is 18.2. The highest BCUT2D eigenvalue weighted by Crippen LogP contribution is 2.14. The second-order valence-electron chi connectivity index (χ2n) is 6.29. The maximum atomic E-state index is 12.3. The van der Waals surface area contributed by atoms with Crippen LogP contribution in [0.2, 0.25) is 0 Å². The number of hydrogen-bond donors (Lipinski definition) is 2. The van der Waals surface area contributed by atoms with Gasteiger partial charge >= 0.3 is 0 Å². The third kappa shape index (κ3) is 6.19. The molecule has 0 saturated heterocycles. The lowest BCUT2D eigenvalue weighted by molar-refractivity contribution is 0.0976. The van der Waals surface area contributed by atoms with Gasteiger partial charge in [0.1, 0.15) is 5.75 Å². The van der Waals surface area contributed by atoms with Gasteiger partial charge in [-0.15, -0.1) is 0 Å². The third-order valence-electron chi connectivity index (χ3n) is 3.57. The Bertz CT molecular complexity index is 699. The number of carbonyl (C=O) groups excluding carboxylic acids is 1. The SMILES string of the molecule is CC(C)COc1ccc(C(=O)NC(=S)N[C@@H](C)c2ccccc2)cc1. The standard InChI is InChI=1S/C20H24N2O2S/c1-14(2)13-24-18-11-9-17(10-12-18)19(23)22-20(25)21-15(3)16-7-5-4-6-8-16/h4-12,14-15H,13H2,1-3H3,(H2,21,22,23,25)/t15-/m0/s1. The van der Waals surface area contributed by atoms with Crippen molar-refractivity contribution in [2.45, 2.75) is 26.8 Å². The van der Waals surface area contributed by atoms with Gasteiger partial charge in [0.25, 0.3) is 5.91 Å². The van der Waals surface area contributed by atoms with Crippen LogP contribution in [0.15, 0.2) is 54.6 Å². The number of nitrogens with one attached hydrogen (secondary N) is 2. The zero-order valence-electron chi connectivity index (χ0n) is 14.8. The van der Waals surface area contributed by atoms with E-state index in [1.165, 1.54) is 0 Å². The number of carbonyl (C=O) groups is 1. The highest BCUT2D eigenvalue weighted by Gasteiger charge is 2.11. The number of ether oxygens (including phenoxy) is 1. The molecule has 0 radical (unpaired) electrons. The molecule has 2 rings (SSSR count). The molecule has 0 aliphatic heterocycles. The van der Waals surface area contributed by atoms with Crippen molar-refractivity contribution >= 4 is 23.2 Å². The molecule has 1 amide bonds. The highest BCUT2D eigenvalue weighted by atomic mass is 32.1. The number of benzene rings is 2. The summed E-state index contributed by atoms with van der Waals surface area (Å²) in [6, 6.07) is 17.0. The first kappa shape index (κ1) is 18.9. The van der Waals surface area contributed by atoms with Crippen molar-refractivity contribution in [3.05, 3.63) is 65.7 Å². The van der Waals surface area contributed by atoms with E-state index in [0.717, 1.165) is 11.3 Å². The molecule has 2 N–H and O–H groups in total. The summed E-state index contributed by atoms with van der Waals surface area (Å²) in [4.78, 5) is 12.3. The Balaban J connectivity index is 1.87. The Kier molecular flexibility index (Phi) is 6.95. The second-order valence-corrected chi connectivity index (χ2v) is 6.70. The van der Waals surface area contributed by atoms with Gasteiger partial charge in [-0.25, -0.2) is 0 Å². The number of hydrogen-bond acceptors (Lipinski definition) is 3. The number of rotatable bonds is 6. The van der Waals surface area contributed by atoms with E-state index in [1.807, 2.05) is 37.3 Å². The Morgan fingerprint density at radius 2 is 1.68 bits per heavy atom. The molecule has 0 saturated carbocycles. The monoisotopic (exact) mass is 356 g/mol. The van der Waals surface area contributed by atoms with Crippen molar-refractivity contribution < 1.29 is 9.53 Å². The summed E-state index contributed by atoms with van der Waals surface area (Å²) < 4.78 is 5.62. The van der Waals surface area contributed by atoms with Crippen LogP contribution in [0.3, 0.4) is 0 Å². The molecule has 25 heavy (non-hydrogen) atoms. The lowest BCUT2D eigenvalue weighted by Crippen LogP contribution is -2.40. The van der Waals surface area contributed by atoms with Crippen LogP contribution >= 0.6 is 12.2 Å². The average Bonchev–Trinajstić information content (AvgIpc) is 2.61. The molecule has 0 bridgehead atoms. The summed E-state index contributed by atoms with van der Waals surface area (Å²) in [7, 11) is 0. The van der Waals surface area contributed by atoms with Gasteiger partial charge in [0, 0.05) is 5.56 Å². The first-order valence-corrected chi connectivity index (χ1v) is 8.76. The quantitative estimate of drug-likeness (QED) is 0.766. The van der Waals surface area contributed by atoms with E-state index < -0.39 is 0 Å². The zero-order valence-corrected chi connectivity index (χ0v) is 15.6. The van der Waals surface area contributed by atoms with Gasteiger partial charge in [-0.2, -0.15) is 0 Å². The van der Waals surface area contributed by atoms with Gasteiger partial charge in [0.15, 0.2) is 5.11 Å². The molecule has 1 atom stereocenters. The van der Waals surface area contributed by atoms with E-state index in [1.54, 1.807) is 24.3 Å². The van der Waals surface area contributed by atoms with Crippen LogP contribution < -0.4 is 15.4 Å². The predicted octanol–water partition coefficient (Wildman–Crippen LogP) is 4.09. The van der Waals surface area contributed by atoms with E-state index in [4.69, 9.17) is 17.0 Å². The lowest BCUT2D eigenvalue weighted by atomic mass is 10.1. The fourth-order valence-electron chi connectivity index (χ4n) is 2.20. The summed E-state index contributed by atoms with van der Waals surface area (Å²) in [6.07, 6.45) is 0. The lowest BCUT2D eigenvalue weighted by Gasteiger charge is -2.16. The molecule has 0 fully saturated rings. The maximum absolute atomic E-state index is 12.3. The molecular weight excluding hydrogens is 332 g/mol. The van der Waals surface area contributed by atoms with Crippen molar-refractivity contribution in [1.82, 2.24) is 10.6 Å². The van der Waals surface area contributed by atoms with E-state index in [2.05, 4.69) is 24.5 Å². The Labute approximate surface area is 154 Å². The normalized spacial score (nSPS) is 11.7. The van der Waals surface area contributed by atoms with Gasteiger partial charge in [-0.05, 0) is 54.9 Å². The van der Waals surface area contributed by atoms with E-state index >= 15 is 0 Å². The summed E-state index contributed by atoms with van der Waals surface area (Å²) in [6.45, 7) is 6.82. The van der Waals surface area contributed by atoms with Crippen LogP contribution in [-0.4, -0.2) is 17.6 Å². The van der Waals surface area contributed by atoms with Gasteiger partial charge in [-0.1, -0.05) is 44.2 Å². The Morgan fingerprint density at radius 1 is 1.04 bits per heavy atom. The molecule has 0 aliphatic carbocycles. The molecule has 132 valence electrons. The van der Waals surface area contributed by atoms with Crippen molar-refractivity contribution in [3.8, 4) is 5.75 Å².